The average Bonchev–Trinajstić information content (AvgIpc) is 2.76. The fourth-order valence-corrected chi connectivity index (χ4v) is 1.61. The summed E-state index contributed by atoms with van der Waals surface area (Å²) in [4.78, 5) is 8.28. The second-order valence-corrected chi connectivity index (χ2v) is 3.75. The van der Waals surface area contributed by atoms with Crippen LogP contribution in [-0.2, 0) is 19.4 Å². The van der Waals surface area contributed by atoms with Gasteiger partial charge in [-0.2, -0.15) is 0 Å². The molecule has 0 bridgehead atoms. The monoisotopic (exact) mass is 216 g/mol. The lowest BCUT2D eigenvalue weighted by molar-refractivity contribution is 0.694. The van der Waals surface area contributed by atoms with Crippen LogP contribution in [0.15, 0.2) is 37.1 Å². The second-order valence-electron chi connectivity index (χ2n) is 3.75. The fourth-order valence-electron chi connectivity index (χ4n) is 1.61. The molecule has 2 heterocycles. The Hall–Kier alpha value is -1.68. The van der Waals surface area contributed by atoms with Gasteiger partial charge in [-0.05, 0) is 30.7 Å². The minimum absolute atomic E-state index is 0.654. The summed E-state index contributed by atoms with van der Waals surface area (Å²) in [6, 6.07) is 4.08. The Morgan fingerprint density at radius 3 is 2.75 bits per heavy atom. The van der Waals surface area contributed by atoms with Crippen LogP contribution in [0.25, 0.3) is 0 Å². The van der Waals surface area contributed by atoms with Crippen molar-refractivity contribution in [3.63, 3.8) is 0 Å². The summed E-state index contributed by atoms with van der Waals surface area (Å²) in [7, 11) is 0. The Balaban J connectivity index is 1.89. The summed E-state index contributed by atoms with van der Waals surface area (Å²) in [5.74, 6) is 0. The highest BCUT2D eigenvalue weighted by molar-refractivity contribution is 5.09. The van der Waals surface area contributed by atoms with E-state index in [0.29, 0.717) is 6.54 Å². The van der Waals surface area contributed by atoms with Crippen molar-refractivity contribution in [3.8, 4) is 0 Å². The van der Waals surface area contributed by atoms with Gasteiger partial charge in [0.15, 0.2) is 0 Å². The molecule has 0 aromatic carbocycles. The van der Waals surface area contributed by atoms with Crippen molar-refractivity contribution >= 4 is 0 Å². The van der Waals surface area contributed by atoms with Crippen LogP contribution in [-0.4, -0.2) is 21.1 Å². The van der Waals surface area contributed by atoms with Gasteiger partial charge in [0.25, 0.3) is 0 Å². The summed E-state index contributed by atoms with van der Waals surface area (Å²) < 4.78 is 2.10. The molecule has 0 radical (unpaired) electrons. The maximum Gasteiger partial charge on any atom is 0.0949 e. The molecule has 2 aromatic rings. The van der Waals surface area contributed by atoms with E-state index < -0.39 is 0 Å². The third-order valence-corrected chi connectivity index (χ3v) is 2.50. The molecule has 4 heteroatoms. The third kappa shape index (κ3) is 2.90. The maximum absolute atomic E-state index is 5.48. The van der Waals surface area contributed by atoms with E-state index in [1.165, 1.54) is 5.56 Å². The van der Waals surface area contributed by atoms with Gasteiger partial charge in [0.05, 0.1) is 12.0 Å². The Morgan fingerprint density at radius 2 is 2.00 bits per heavy atom. The van der Waals surface area contributed by atoms with Gasteiger partial charge in [0, 0.05) is 31.6 Å². The zero-order valence-electron chi connectivity index (χ0n) is 9.21. The molecule has 0 aliphatic heterocycles. The summed E-state index contributed by atoms with van der Waals surface area (Å²) in [5.41, 5.74) is 7.84. The molecule has 0 saturated carbocycles. The van der Waals surface area contributed by atoms with Crippen molar-refractivity contribution in [3.05, 3.63) is 48.3 Å². The van der Waals surface area contributed by atoms with E-state index in [-0.39, 0.29) is 0 Å². The van der Waals surface area contributed by atoms with E-state index in [1.807, 2.05) is 30.9 Å². The number of rotatable bonds is 5. The van der Waals surface area contributed by atoms with Gasteiger partial charge in [-0.25, -0.2) is 4.98 Å². The Labute approximate surface area is 95.1 Å². The first kappa shape index (κ1) is 10.8. The van der Waals surface area contributed by atoms with Gasteiger partial charge in [-0.3, -0.25) is 4.98 Å². The van der Waals surface area contributed by atoms with Crippen LogP contribution in [0.1, 0.15) is 11.3 Å². The Morgan fingerprint density at radius 1 is 1.19 bits per heavy atom. The molecule has 2 rings (SSSR count). The van der Waals surface area contributed by atoms with Gasteiger partial charge in [-0.1, -0.05) is 0 Å². The minimum atomic E-state index is 0.654. The van der Waals surface area contributed by atoms with Crippen molar-refractivity contribution in [2.75, 3.05) is 6.54 Å². The van der Waals surface area contributed by atoms with Gasteiger partial charge < -0.3 is 10.3 Å². The van der Waals surface area contributed by atoms with Crippen LogP contribution >= 0.6 is 0 Å². The first-order chi connectivity index (χ1) is 7.88. The SMILES string of the molecule is NCCc1cn(CCc2ccncc2)cn1. The molecule has 0 aliphatic rings. The summed E-state index contributed by atoms with van der Waals surface area (Å²) in [5, 5.41) is 0. The van der Waals surface area contributed by atoms with Gasteiger partial charge >= 0.3 is 0 Å². The third-order valence-electron chi connectivity index (χ3n) is 2.50. The van der Waals surface area contributed by atoms with Crippen molar-refractivity contribution in [2.45, 2.75) is 19.4 Å². The lowest BCUT2D eigenvalue weighted by Gasteiger charge is -2.01. The van der Waals surface area contributed by atoms with Crippen LogP contribution < -0.4 is 5.73 Å². The van der Waals surface area contributed by atoms with Crippen LogP contribution in [0, 0.1) is 0 Å². The van der Waals surface area contributed by atoms with Crippen LogP contribution in [0.4, 0.5) is 0 Å². The molecule has 0 unspecified atom stereocenters. The Bertz CT molecular complexity index is 422. The summed E-state index contributed by atoms with van der Waals surface area (Å²) in [6.07, 6.45) is 9.43. The van der Waals surface area contributed by atoms with Crippen LogP contribution in [0.3, 0.4) is 0 Å². The Kier molecular flexibility index (Phi) is 3.66. The number of hydrogen-bond acceptors (Lipinski definition) is 3. The maximum atomic E-state index is 5.48. The van der Waals surface area contributed by atoms with Crippen molar-refractivity contribution in [1.82, 2.24) is 14.5 Å². The van der Waals surface area contributed by atoms with Gasteiger partial charge in [0.2, 0.25) is 0 Å². The highest BCUT2D eigenvalue weighted by Crippen LogP contribution is 2.02. The van der Waals surface area contributed by atoms with Crippen molar-refractivity contribution in [1.29, 1.82) is 0 Å². The van der Waals surface area contributed by atoms with Crippen LogP contribution in [0.5, 0.6) is 0 Å². The van der Waals surface area contributed by atoms with E-state index in [2.05, 4.69) is 20.7 Å². The van der Waals surface area contributed by atoms with Gasteiger partial charge in [-0.15, -0.1) is 0 Å². The predicted molar refractivity (Wildman–Crippen MR) is 62.9 cm³/mol. The molecule has 0 saturated heterocycles. The second kappa shape index (κ2) is 5.42. The molecule has 0 atom stereocenters. The largest absolute Gasteiger partial charge is 0.337 e. The fraction of sp³-hybridized carbons (Fsp3) is 0.333. The molecule has 0 fully saturated rings. The zero-order valence-corrected chi connectivity index (χ0v) is 9.21. The minimum Gasteiger partial charge on any atom is -0.337 e. The summed E-state index contributed by atoms with van der Waals surface area (Å²) in [6.45, 7) is 1.60. The van der Waals surface area contributed by atoms with E-state index in [1.54, 1.807) is 0 Å². The zero-order chi connectivity index (χ0) is 11.2. The molecule has 4 nitrogen and oxygen atoms in total. The van der Waals surface area contributed by atoms with E-state index in [4.69, 9.17) is 5.73 Å². The number of aryl methyl sites for hydroxylation is 2. The molecule has 2 aromatic heterocycles. The van der Waals surface area contributed by atoms with Crippen molar-refractivity contribution < 1.29 is 0 Å². The van der Waals surface area contributed by atoms with E-state index >= 15 is 0 Å². The smallest absolute Gasteiger partial charge is 0.0949 e. The average molecular weight is 216 g/mol. The molecule has 0 amide bonds. The number of imidazole rings is 1. The number of nitrogens with zero attached hydrogens (tertiary/aromatic N) is 3. The molecule has 84 valence electrons. The first-order valence-corrected chi connectivity index (χ1v) is 5.48. The highest BCUT2D eigenvalue weighted by atomic mass is 15.0. The number of aromatic nitrogens is 3. The van der Waals surface area contributed by atoms with Gasteiger partial charge in [0.1, 0.15) is 0 Å². The molecule has 0 spiro atoms. The molecule has 16 heavy (non-hydrogen) atoms. The quantitative estimate of drug-likeness (QED) is 0.812. The molecule has 2 N–H and O–H groups in total. The molecular weight excluding hydrogens is 200 g/mol. The van der Waals surface area contributed by atoms with E-state index in [9.17, 15) is 0 Å². The number of nitrogens with two attached hydrogens (primary N) is 1. The predicted octanol–water partition coefficient (Wildman–Crippen LogP) is 1.02. The normalized spacial score (nSPS) is 10.6. The lowest BCUT2D eigenvalue weighted by atomic mass is 10.2. The standard InChI is InChI=1S/C12H16N4/c13-5-1-12-9-16(10-15-12)8-4-11-2-6-14-7-3-11/h2-3,6-7,9-10H,1,4-5,8,13H2. The number of hydrogen-bond donors (Lipinski definition) is 1. The molecular formula is C12H16N4. The highest BCUT2D eigenvalue weighted by Gasteiger charge is 1.98. The topological polar surface area (TPSA) is 56.7 Å². The summed E-state index contributed by atoms with van der Waals surface area (Å²) >= 11 is 0. The number of pyridine rings is 1. The van der Waals surface area contributed by atoms with E-state index in [0.717, 1.165) is 25.1 Å². The van der Waals surface area contributed by atoms with Crippen LogP contribution in [0.2, 0.25) is 0 Å². The molecule has 0 aliphatic carbocycles. The van der Waals surface area contributed by atoms with Crippen molar-refractivity contribution in [2.24, 2.45) is 5.73 Å². The first-order valence-electron chi connectivity index (χ1n) is 5.48. The lowest BCUT2D eigenvalue weighted by Crippen LogP contribution is -2.03.